The maximum absolute atomic E-state index is 9.34. The zero-order valence-electron chi connectivity index (χ0n) is 12.6. The number of piperidine rings is 1. The van der Waals surface area contributed by atoms with Gasteiger partial charge in [0.25, 0.3) is 0 Å². The molecule has 112 valence electrons. The molecule has 1 fully saturated rings. The van der Waals surface area contributed by atoms with E-state index in [2.05, 4.69) is 17.1 Å². The fourth-order valence-corrected chi connectivity index (χ4v) is 2.97. The van der Waals surface area contributed by atoms with Crippen LogP contribution in [-0.4, -0.2) is 36.2 Å². The summed E-state index contributed by atoms with van der Waals surface area (Å²) in [4.78, 5) is 2.59. The molecule has 1 atom stereocenters. The van der Waals surface area contributed by atoms with Crippen LogP contribution < -0.4 is 5.32 Å². The van der Waals surface area contributed by atoms with Gasteiger partial charge < -0.3 is 15.3 Å². The third-order valence-corrected chi connectivity index (χ3v) is 4.19. The van der Waals surface area contributed by atoms with Crippen molar-refractivity contribution in [2.45, 2.75) is 45.1 Å². The second-order valence-corrected chi connectivity index (χ2v) is 5.76. The Bertz CT molecular complexity index is 371. The molecule has 0 saturated carbocycles. The van der Waals surface area contributed by atoms with Crippen LogP contribution in [0, 0.1) is 0 Å². The van der Waals surface area contributed by atoms with E-state index in [1.165, 1.54) is 50.9 Å². The molecule has 2 rings (SSSR count). The van der Waals surface area contributed by atoms with E-state index >= 15 is 0 Å². The number of nitrogens with zero attached hydrogens (tertiary/aromatic N) is 1. The number of hydrogen-bond acceptors (Lipinski definition) is 3. The Morgan fingerprint density at radius 3 is 2.50 bits per heavy atom. The Labute approximate surface area is 123 Å². The lowest BCUT2D eigenvalue weighted by atomic mass is 10.0. The van der Waals surface area contributed by atoms with Crippen molar-refractivity contribution in [3.05, 3.63) is 29.8 Å². The molecule has 0 bridgehead atoms. The van der Waals surface area contributed by atoms with E-state index in [-0.39, 0.29) is 0 Å². The standard InChI is InChI=1S/C17H28N2O/c1-2-17(15-7-9-16(20)10-8-15)18-11-6-14-19-12-4-3-5-13-19/h7-10,17-18,20H,2-6,11-14H2,1H3. The SMILES string of the molecule is CCC(NCCCN1CCCCC1)c1ccc(O)cc1. The Hall–Kier alpha value is -1.06. The van der Waals surface area contributed by atoms with E-state index in [9.17, 15) is 5.11 Å². The van der Waals surface area contributed by atoms with Gasteiger partial charge in [0.2, 0.25) is 0 Å². The fraction of sp³-hybridized carbons (Fsp3) is 0.647. The molecule has 20 heavy (non-hydrogen) atoms. The highest BCUT2D eigenvalue weighted by Gasteiger charge is 2.11. The third kappa shape index (κ3) is 4.80. The lowest BCUT2D eigenvalue weighted by molar-refractivity contribution is 0.224. The molecule has 2 N–H and O–H groups in total. The lowest BCUT2D eigenvalue weighted by Crippen LogP contribution is -2.32. The maximum Gasteiger partial charge on any atom is 0.115 e. The van der Waals surface area contributed by atoms with E-state index in [0.29, 0.717) is 11.8 Å². The van der Waals surface area contributed by atoms with Crippen molar-refractivity contribution in [1.82, 2.24) is 10.2 Å². The van der Waals surface area contributed by atoms with Gasteiger partial charge in [-0.05, 0) is 69.6 Å². The van der Waals surface area contributed by atoms with Gasteiger partial charge in [0.1, 0.15) is 5.75 Å². The van der Waals surface area contributed by atoms with Gasteiger partial charge in [0, 0.05) is 6.04 Å². The first-order valence-corrected chi connectivity index (χ1v) is 8.04. The highest BCUT2D eigenvalue weighted by atomic mass is 16.3. The average Bonchev–Trinajstić information content (AvgIpc) is 2.50. The second kappa shape index (κ2) is 8.28. The number of likely N-dealkylation sites (tertiary alicyclic amines) is 1. The van der Waals surface area contributed by atoms with Gasteiger partial charge in [-0.15, -0.1) is 0 Å². The van der Waals surface area contributed by atoms with Crippen LogP contribution in [0.3, 0.4) is 0 Å². The zero-order chi connectivity index (χ0) is 14.2. The molecule has 1 saturated heterocycles. The first-order chi connectivity index (χ1) is 9.79. The number of phenols is 1. The van der Waals surface area contributed by atoms with Gasteiger partial charge in [-0.1, -0.05) is 25.5 Å². The van der Waals surface area contributed by atoms with Crippen molar-refractivity contribution in [3.8, 4) is 5.75 Å². The molecule has 1 aliphatic rings. The topological polar surface area (TPSA) is 35.5 Å². The average molecular weight is 276 g/mol. The fourth-order valence-electron chi connectivity index (χ4n) is 2.97. The molecular formula is C17H28N2O. The first kappa shape index (κ1) is 15.3. The number of aromatic hydroxyl groups is 1. The Kier molecular flexibility index (Phi) is 6.34. The molecule has 0 aliphatic carbocycles. The van der Waals surface area contributed by atoms with Crippen molar-refractivity contribution >= 4 is 0 Å². The maximum atomic E-state index is 9.34. The molecule has 0 spiro atoms. The van der Waals surface area contributed by atoms with Crippen LogP contribution in [0.2, 0.25) is 0 Å². The second-order valence-electron chi connectivity index (χ2n) is 5.76. The van der Waals surface area contributed by atoms with Gasteiger partial charge in [0.05, 0.1) is 0 Å². The van der Waals surface area contributed by atoms with Gasteiger partial charge in [-0.3, -0.25) is 0 Å². The van der Waals surface area contributed by atoms with Crippen molar-refractivity contribution in [2.24, 2.45) is 0 Å². The first-order valence-electron chi connectivity index (χ1n) is 8.04. The summed E-state index contributed by atoms with van der Waals surface area (Å²) in [6, 6.07) is 7.97. The summed E-state index contributed by atoms with van der Waals surface area (Å²) in [5, 5.41) is 13.0. The van der Waals surface area contributed by atoms with Crippen LogP contribution in [0.15, 0.2) is 24.3 Å². The molecular weight excluding hydrogens is 248 g/mol. The number of benzene rings is 1. The van der Waals surface area contributed by atoms with Crippen molar-refractivity contribution in [2.75, 3.05) is 26.2 Å². The van der Waals surface area contributed by atoms with Crippen LogP contribution >= 0.6 is 0 Å². The number of phenolic OH excluding ortho intramolecular Hbond substituents is 1. The van der Waals surface area contributed by atoms with Gasteiger partial charge in [0.15, 0.2) is 0 Å². The van der Waals surface area contributed by atoms with Crippen LogP contribution in [0.4, 0.5) is 0 Å². The molecule has 3 nitrogen and oxygen atoms in total. The highest BCUT2D eigenvalue weighted by molar-refractivity contribution is 5.27. The summed E-state index contributed by atoms with van der Waals surface area (Å²) in [5.41, 5.74) is 1.27. The van der Waals surface area contributed by atoms with E-state index in [1.807, 2.05) is 12.1 Å². The third-order valence-electron chi connectivity index (χ3n) is 4.19. The predicted octanol–water partition coefficient (Wildman–Crippen LogP) is 3.31. The number of rotatable bonds is 7. The minimum absolute atomic E-state index is 0.341. The molecule has 0 amide bonds. The number of hydrogen-bond donors (Lipinski definition) is 2. The summed E-state index contributed by atoms with van der Waals surface area (Å²) >= 11 is 0. The van der Waals surface area contributed by atoms with Crippen LogP contribution in [0.1, 0.15) is 50.6 Å². The molecule has 1 heterocycles. The highest BCUT2D eigenvalue weighted by Crippen LogP contribution is 2.19. The minimum atomic E-state index is 0.341. The van der Waals surface area contributed by atoms with Crippen molar-refractivity contribution in [1.29, 1.82) is 0 Å². The smallest absolute Gasteiger partial charge is 0.115 e. The van der Waals surface area contributed by atoms with E-state index in [1.54, 1.807) is 12.1 Å². The molecule has 1 unspecified atom stereocenters. The van der Waals surface area contributed by atoms with Crippen molar-refractivity contribution in [3.63, 3.8) is 0 Å². The summed E-state index contributed by atoms with van der Waals surface area (Å²) < 4.78 is 0. The molecule has 1 aliphatic heterocycles. The zero-order valence-corrected chi connectivity index (χ0v) is 12.6. The summed E-state index contributed by atoms with van der Waals surface area (Å²) in [7, 11) is 0. The normalized spacial score (nSPS) is 18.1. The molecule has 1 aromatic carbocycles. The Morgan fingerprint density at radius 1 is 1.15 bits per heavy atom. The van der Waals surface area contributed by atoms with E-state index in [4.69, 9.17) is 0 Å². The summed E-state index contributed by atoms with van der Waals surface area (Å²) in [6.45, 7) is 7.06. The quantitative estimate of drug-likeness (QED) is 0.750. The Morgan fingerprint density at radius 2 is 1.85 bits per heavy atom. The molecule has 1 aromatic rings. The molecule has 0 radical (unpaired) electrons. The van der Waals surface area contributed by atoms with Crippen molar-refractivity contribution < 1.29 is 5.11 Å². The summed E-state index contributed by atoms with van der Waals surface area (Å²) in [5.74, 6) is 0.341. The van der Waals surface area contributed by atoms with E-state index in [0.717, 1.165) is 13.0 Å². The van der Waals surface area contributed by atoms with Crippen LogP contribution in [0.25, 0.3) is 0 Å². The molecule has 3 heteroatoms. The van der Waals surface area contributed by atoms with E-state index < -0.39 is 0 Å². The molecule has 0 aromatic heterocycles. The predicted molar refractivity (Wildman–Crippen MR) is 84.0 cm³/mol. The summed E-state index contributed by atoms with van der Waals surface area (Å²) in [6.07, 6.45) is 6.45. The van der Waals surface area contributed by atoms with Gasteiger partial charge >= 0.3 is 0 Å². The lowest BCUT2D eigenvalue weighted by Gasteiger charge is -2.26. The van der Waals surface area contributed by atoms with Gasteiger partial charge in [-0.25, -0.2) is 0 Å². The Balaban J connectivity index is 1.69. The number of nitrogens with one attached hydrogen (secondary N) is 1. The van der Waals surface area contributed by atoms with Crippen LogP contribution in [-0.2, 0) is 0 Å². The largest absolute Gasteiger partial charge is 0.508 e. The monoisotopic (exact) mass is 276 g/mol. The van der Waals surface area contributed by atoms with Gasteiger partial charge in [-0.2, -0.15) is 0 Å². The minimum Gasteiger partial charge on any atom is -0.508 e. The van der Waals surface area contributed by atoms with Crippen LogP contribution in [0.5, 0.6) is 5.75 Å².